The summed E-state index contributed by atoms with van der Waals surface area (Å²) >= 11 is 0. The summed E-state index contributed by atoms with van der Waals surface area (Å²) in [6.07, 6.45) is 1.72. The van der Waals surface area contributed by atoms with Crippen molar-refractivity contribution in [2.24, 2.45) is 0 Å². The number of anilines is 1. The number of carbonyl (C=O) groups excluding carboxylic acids is 1. The minimum atomic E-state index is -0.0503. The molecule has 0 spiro atoms. The van der Waals surface area contributed by atoms with E-state index in [1.807, 2.05) is 43.3 Å². The topological polar surface area (TPSA) is 46.3 Å². The quantitative estimate of drug-likeness (QED) is 0.673. The van der Waals surface area contributed by atoms with E-state index < -0.39 is 0 Å². The predicted molar refractivity (Wildman–Crippen MR) is 80.1 cm³/mol. The lowest BCUT2D eigenvalue weighted by Crippen LogP contribution is -2.31. The summed E-state index contributed by atoms with van der Waals surface area (Å²) in [6.45, 7) is 6.78. The van der Waals surface area contributed by atoms with Crippen molar-refractivity contribution in [3.05, 3.63) is 54.6 Å². The number of likely N-dealkylation sites (N-methyl/N-ethyl adjacent to an activating group) is 1. The first-order valence-corrected chi connectivity index (χ1v) is 6.35. The predicted octanol–water partition coefficient (Wildman–Crippen LogP) is 3.07. The second kappa shape index (κ2) is 5.57. The number of hydrogen-bond acceptors (Lipinski definition) is 2. The molecule has 0 aromatic heterocycles. The molecular weight excluding hydrogens is 236 g/mol. The zero-order chi connectivity index (χ0) is 13.8. The number of nitrogens with two attached hydrogens (primary N) is 1. The molecule has 0 aliphatic rings. The number of amides is 1. The zero-order valence-electron chi connectivity index (χ0n) is 11.1. The molecule has 1 amide bonds. The summed E-state index contributed by atoms with van der Waals surface area (Å²) in [7, 11) is 0. The molecule has 0 bridgehead atoms. The average molecular weight is 254 g/mol. The van der Waals surface area contributed by atoms with Gasteiger partial charge in [-0.3, -0.25) is 4.79 Å². The second-order valence-corrected chi connectivity index (χ2v) is 4.42. The fraction of sp³-hybridized carbons (Fsp3) is 0.188. The van der Waals surface area contributed by atoms with Gasteiger partial charge in [0.05, 0.1) is 5.56 Å². The summed E-state index contributed by atoms with van der Waals surface area (Å²) in [6, 6.07) is 11.6. The van der Waals surface area contributed by atoms with Gasteiger partial charge in [0.15, 0.2) is 0 Å². The maximum absolute atomic E-state index is 12.4. The fourth-order valence-corrected chi connectivity index (χ4v) is 2.12. The Bertz CT molecular complexity index is 619. The SMILES string of the molecule is C=CCN(CC)C(=O)c1cc2ccccc2cc1N. The molecule has 2 aromatic rings. The molecule has 0 saturated heterocycles. The average Bonchev–Trinajstić information content (AvgIpc) is 2.43. The van der Waals surface area contributed by atoms with Gasteiger partial charge in [0, 0.05) is 18.8 Å². The first kappa shape index (κ1) is 13.1. The number of rotatable bonds is 4. The number of benzene rings is 2. The van der Waals surface area contributed by atoms with E-state index in [-0.39, 0.29) is 5.91 Å². The van der Waals surface area contributed by atoms with Crippen LogP contribution < -0.4 is 5.73 Å². The second-order valence-electron chi connectivity index (χ2n) is 4.42. The van der Waals surface area contributed by atoms with Crippen molar-refractivity contribution in [3.63, 3.8) is 0 Å². The van der Waals surface area contributed by atoms with Crippen LogP contribution in [0, 0.1) is 0 Å². The smallest absolute Gasteiger partial charge is 0.256 e. The monoisotopic (exact) mass is 254 g/mol. The van der Waals surface area contributed by atoms with Crippen LogP contribution >= 0.6 is 0 Å². The Morgan fingerprint density at radius 3 is 2.53 bits per heavy atom. The Balaban J connectivity index is 2.46. The maximum Gasteiger partial charge on any atom is 0.256 e. The first-order valence-electron chi connectivity index (χ1n) is 6.35. The van der Waals surface area contributed by atoms with Crippen molar-refractivity contribution >= 4 is 22.4 Å². The third-order valence-corrected chi connectivity index (χ3v) is 3.17. The largest absolute Gasteiger partial charge is 0.398 e. The summed E-state index contributed by atoms with van der Waals surface area (Å²) in [5, 5.41) is 2.07. The number of nitrogens with zero attached hydrogens (tertiary/aromatic N) is 1. The highest BCUT2D eigenvalue weighted by Crippen LogP contribution is 2.23. The van der Waals surface area contributed by atoms with Crippen LogP contribution in [-0.2, 0) is 0 Å². The van der Waals surface area contributed by atoms with Crippen molar-refractivity contribution in [2.75, 3.05) is 18.8 Å². The fourth-order valence-electron chi connectivity index (χ4n) is 2.12. The maximum atomic E-state index is 12.4. The number of fused-ring (bicyclic) bond motifs is 1. The molecule has 2 aromatic carbocycles. The molecule has 0 unspecified atom stereocenters. The van der Waals surface area contributed by atoms with Crippen molar-refractivity contribution < 1.29 is 4.79 Å². The molecule has 2 rings (SSSR count). The highest BCUT2D eigenvalue weighted by molar-refractivity contribution is 6.03. The van der Waals surface area contributed by atoms with Gasteiger partial charge in [-0.15, -0.1) is 6.58 Å². The molecular formula is C16H18N2O. The zero-order valence-corrected chi connectivity index (χ0v) is 11.1. The minimum Gasteiger partial charge on any atom is -0.398 e. The van der Waals surface area contributed by atoms with Gasteiger partial charge in [0.1, 0.15) is 0 Å². The molecule has 0 heterocycles. The Hall–Kier alpha value is -2.29. The van der Waals surface area contributed by atoms with Crippen LogP contribution in [0.3, 0.4) is 0 Å². The van der Waals surface area contributed by atoms with E-state index in [0.717, 1.165) is 10.8 Å². The van der Waals surface area contributed by atoms with Crippen LogP contribution in [0.2, 0.25) is 0 Å². The van der Waals surface area contributed by atoms with Gasteiger partial charge in [-0.05, 0) is 29.8 Å². The van der Waals surface area contributed by atoms with Crippen LogP contribution in [0.15, 0.2) is 49.1 Å². The normalized spacial score (nSPS) is 10.4. The first-order chi connectivity index (χ1) is 9.17. The van der Waals surface area contributed by atoms with Gasteiger partial charge in [-0.25, -0.2) is 0 Å². The Morgan fingerprint density at radius 1 is 1.32 bits per heavy atom. The van der Waals surface area contributed by atoms with Crippen LogP contribution in [-0.4, -0.2) is 23.9 Å². The number of nitrogen functional groups attached to an aromatic ring is 1. The molecule has 3 nitrogen and oxygen atoms in total. The summed E-state index contributed by atoms with van der Waals surface area (Å²) < 4.78 is 0. The van der Waals surface area contributed by atoms with Gasteiger partial charge in [0.25, 0.3) is 5.91 Å². The molecule has 0 saturated carbocycles. The van der Waals surface area contributed by atoms with Gasteiger partial charge >= 0.3 is 0 Å². The molecule has 98 valence electrons. The molecule has 0 aliphatic heterocycles. The molecule has 3 heteroatoms. The number of hydrogen-bond donors (Lipinski definition) is 1. The van der Waals surface area contributed by atoms with Crippen LogP contribution in [0.5, 0.6) is 0 Å². The van der Waals surface area contributed by atoms with Crippen molar-refractivity contribution in [1.29, 1.82) is 0 Å². The standard InChI is InChI=1S/C16H18N2O/c1-3-9-18(4-2)16(19)14-10-12-7-5-6-8-13(12)11-15(14)17/h3,5-8,10-11H,1,4,9,17H2,2H3. The van der Waals surface area contributed by atoms with E-state index in [1.54, 1.807) is 11.0 Å². The molecule has 0 atom stereocenters. The lowest BCUT2D eigenvalue weighted by atomic mass is 10.0. The van der Waals surface area contributed by atoms with E-state index >= 15 is 0 Å². The van der Waals surface area contributed by atoms with Crippen LogP contribution in [0.4, 0.5) is 5.69 Å². The Kier molecular flexibility index (Phi) is 3.85. The minimum absolute atomic E-state index is 0.0503. The van der Waals surface area contributed by atoms with E-state index in [0.29, 0.717) is 24.3 Å². The van der Waals surface area contributed by atoms with Crippen molar-refractivity contribution in [2.45, 2.75) is 6.92 Å². The highest BCUT2D eigenvalue weighted by atomic mass is 16.2. The van der Waals surface area contributed by atoms with E-state index in [9.17, 15) is 4.79 Å². The molecule has 0 aliphatic carbocycles. The Labute approximate surface area is 113 Å². The highest BCUT2D eigenvalue weighted by Gasteiger charge is 2.16. The lowest BCUT2D eigenvalue weighted by Gasteiger charge is -2.20. The molecule has 0 fully saturated rings. The van der Waals surface area contributed by atoms with Gasteiger partial charge in [-0.1, -0.05) is 30.3 Å². The van der Waals surface area contributed by atoms with E-state index in [1.165, 1.54) is 0 Å². The third kappa shape index (κ3) is 2.60. The Morgan fingerprint density at radius 2 is 1.95 bits per heavy atom. The summed E-state index contributed by atoms with van der Waals surface area (Å²) in [5.41, 5.74) is 7.08. The van der Waals surface area contributed by atoms with Gasteiger partial charge < -0.3 is 10.6 Å². The number of carbonyl (C=O) groups is 1. The van der Waals surface area contributed by atoms with Gasteiger partial charge in [0.2, 0.25) is 0 Å². The third-order valence-electron chi connectivity index (χ3n) is 3.17. The van der Waals surface area contributed by atoms with Crippen LogP contribution in [0.25, 0.3) is 10.8 Å². The lowest BCUT2D eigenvalue weighted by molar-refractivity contribution is 0.0783. The summed E-state index contributed by atoms with van der Waals surface area (Å²) in [5.74, 6) is -0.0503. The molecule has 2 N–H and O–H groups in total. The van der Waals surface area contributed by atoms with Crippen molar-refractivity contribution in [1.82, 2.24) is 4.90 Å². The van der Waals surface area contributed by atoms with Crippen molar-refractivity contribution in [3.8, 4) is 0 Å². The van der Waals surface area contributed by atoms with E-state index in [4.69, 9.17) is 5.73 Å². The van der Waals surface area contributed by atoms with Crippen LogP contribution in [0.1, 0.15) is 17.3 Å². The van der Waals surface area contributed by atoms with Gasteiger partial charge in [-0.2, -0.15) is 0 Å². The molecule has 0 radical (unpaired) electrons. The summed E-state index contributed by atoms with van der Waals surface area (Å²) in [4.78, 5) is 14.1. The molecule has 19 heavy (non-hydrogen) atoms. The van der Waals surface area contributed by atoms with E-state index in [2.05, 4.69) is 6.58 Å².